The van der Waals surface area contributed by atoms with Gasteiger partial charge in [0.1, 0.15) is 35.5 Å². The molecule has 454 valence electrons. The summed E-state index contributed by atoms with van der Waals surface area (Å²) in [5.41, 5.74) is 2.04. The Kier molecular flexibility index (Phi) is 25.1. The van der Waals surface area contributed by atoms with Gasteiger partial charge in [0.05, 0.1) is 30.8 Å². The molecule has 2 aliphatic carbocycles. The number of halogens is 3. The predicted molar refractivity (Wildman–Crippen MR) is 322 cm³/mol. The van der Waals surface area contributed by atoms with Crippen molar-refractivity contribution in [1.29, 1.82) is 0 Å². The molecule has 0 radical (unpaired) electrons. The van der Waals surface area contributed by atoms with Crippen molar-refractivity contribution < 1.29 is 60.9 Å². The number of benzene rings is 3. The van der Waals surface area contributed by atoms with E-state index in [0.717, 1.165) is 62.5 Å². The highest BCUT2D eigenvalue weighted by atomic mass is 35.5. The van der Waals surface area contributed by atoms with Crippen molar-refractivity contribution in [1.82, 2.24) is 10.6 Å². The summed E-state index contributed by atoms with van der Waals surface area (Å²) in [5, 5.41) is 17.0. The number of nitrogens with zero attached hydrogens (tertiary/aromatic N) is 1. The number of hydrogen-bond acceptors (Lipinski definition) is 11. The van der Waals surface area contributed by atoms with Crippen molar-refractivity contribution in [3.8, 4) is 0 Å². The van der Waals surface area contributed by atoms with Gasteiger partial charge in [-0.2, -0.15) is 0 Å². The van der Waals surface area contributed by atoms with E-state index in [9.17, 15) is 23.6 Å². The molecule has 81 heavy (non-hydrogen) atoms. The number of amides is 4. The minimum Gasteiger partial charge on any atom is -0.444 e. The maximum atomic E-state index is 15.2. The van der Waals surface area contributed by atoms with Gasteiger partial charge < -0.3 is 43.5 Å². The molecule has 2 atom stereocenters. The molecule has 3 aliphatic rings. The second-order valence-corrected chi connectivity index (χ2v) is 36.3. The second kappa shape index (κ2) is 29.6. The van der Waals surface area contributed by atoms with Crippen LogP contribution in [0.3, 0.4) is 0 Å². The van der Waals surface area contributed by atoms with Crippen LogP contribution in [0.15, 0.2) is 66.7 Å². The standard InChI is InChI=1S/C27H43FN2O5Si.C26H36FNO3Si.C8H16ClNO3/c1-26(2,3)34-24(31)29-16-21-17-30(25(32)33-21)19-11-14-22(23(28)15-19)18-9-12-20(13-10-18)35-36(7,8)27(4,5)6;1-26(2,3)32(4,5)31-22-14-11-20(12-15-22)23-16-13-21(17-24(23)27)28-25(29)30-18-19-9-7-6-8-10-19;1-8(2,3)13-7(12)10-5-6(11)4-9/h11,14-15,18,20-21H,9-10,12-13,16-17H2,1-8H3,(H,29,31);6-10,13,16-17,20,22H,11-12,14-15,18H2,1-5H3,(H,28,29);6,11H,4-5H2,1-3H3,(H,10,12)/t18?,20?,21-;;6-/m0.1/s1. The van der Waals surface area contributed by atoms with Crippen LogP contribution in [0, 0.1) is 11.6 Å². The number of nitrogens with one attached hydrogen (secondary N) is 3. The lowest BCUT2D eigenvalue weighted by atomic mass is 9.82. The highest BCUT2D eigenvalue weighted by molar-refractivity contribution is 6.74. The first-order chi connectivity index (χ1) is 37.5. The summed E-state index contributed by atoms with van der Waals surface area (Å²) in [6, 6.07) is 19.4. The van der Waals surface area contributed by atoms with E-state index < -0.39 is 64.4 Å². The lowest BCUT2D eigenvalue weighted by Crippen LogP contribution is -2.44. The molecular formula is C61H95ClF2N4O11Si2. The van der Waals surface area contributed by atoms with Crippen LogP contribution >= 0.6 is 11.6 Å². The average Bonchev–Trinajstić information content (AvgIpc) is 3.75. The molecule has 3 fully saturated rings. The molecule has 4 amide bonds. The van der Waals surface area contributed by atoms with Crippen LogP contribution in [0.25, 0.3) is 0 Å². The molecule has 0 spiro atoms. The number of aliphatic hydroxyl groups is 1. The van der Waals surface area contributed by atoms with Gasteiger partial charge in [-0.1, -0.05) is 84.0 Å². The lowest BCUT2D eigenvalue weighted by molar-refractivity contribution is 0.0489. The van der Waals surface area contributed by atoms with E-state index >= 15 is 4.39 Å². The van der Waals surface area contributed by atoms with Gasteiger partial charge in [0.2, 0.25) is 0 Å². The number of cyclic esters (lactones) is 1. The van der Waals surface area contributed by atoms with Crippen molar-refractivity contribution in [2.24, 2.45) is 0 Å². The van der Waals surface area contributed by atoms with Gasteiger partial charge >= 0.3 is 24.4 Å². The summed E-state index contributed by atoms with van der Waals surface area (Å²) in [6.45, 7) is 33.9. The number of carbonyl (C=O) groups is 4. The first kappa shape index (κ1) is 68.7. The molecule has 0 aromatic heterocycles. The molecule has 3 aromatic carbocycles. The summed E-state index contributed by atoms with van der Waals surface area (Å²) >= 11 is 5.33. The normalized spacial score (nSPS) is 20.3. The molecule has 6 rings (SSSR count). The van der Waals surface area contributed by atoms with Gasteiger partial charge in [-0.3, -0.25) is 10.2 Å². The highest BCUT2D eigenvalue weighted by Crippen LogP contribution is 2.44. The number of ether oxygens (including phenoxy) is 4. The third-order valence-electron chi connectivity index (χ3n) is 15.3. The van der Waals surface area contributed by atoms with Crippen LogP contribution in [0.4, 0.5) is 39.3 Å². The Labute approximate surface area is 488 Å². The zero-order valence-electron chi connectivity index (χ0n) is 51.1. The zero-order valence-corrected chi connectivity index (χ0v) is 53.9. The highest BCUT2D eigenvalue weighted by Gasteiger charge is 2.42. The Morgan fingerprint density at radius 3 is 1.59 bits per heavy atom. The van der Waals surface area contributed by atoms with Crippen molar-refractivity contribution in [2.45, 2.75) is 225 Å². The maximum absolute atomic E-state index is 15.2. The van der Waals surface area contributed by atoms with Crippen molar-refractivity contribution in [2.75, 3.05) is 35.7 Å². The Morgan fingerprint density at radius 2 is 1.15 bits per heavy atom. The van der Waals surface area contributed by atoms with E-state index in [2.05, 4.69) is 83.7 Å². The Balaban J connectivity index is 0.000000288. The third-order valence-corrected chi connectivity index (χ3v) is 24.8. The Bertz CT molecular complexity index is 2500. The fourth-order valence-electron chi connectivity index (χ4n) is 8.92. The summed E-state index contributed by atoms with van der Waals surface area (Å²) in [5.74, 6) is -0.150. The number of alkyl carbamates (subject to hydrolysis) is 2. The molecule has 1 aliphatic heterocycles. The third kappa shape index (κ3) is 23.1. The second-order valence-electron chi connectivity index (χ2n) is 26.5. The van der Waals surface area contributed by atoms with Crippen molar-refractivity contribution >= 4 is 64.0 Å². The number of hydrogen-bond donors (Lipinski definition) is 4. The van der Waals surface area contributed by atoms with Crippen molar-refractivity contribution in [3.63, 3.8) is 0 Å². The van der Waals surface area contributed by atoms with Gasteiger partial charge in [-0.25, -0.2) is 28.0 Å². The lowest BCUT2D eigenvalue weighted by Gasteiger charge is -2.41. The number of anilines is 2. The summed E-state index contributed by atoms with van der Waals surface area (Å²) < 4.78 is 63.9. The first-order valence-corrected chi connectivity index (χ1v) is 34.9. The van der Waals surface area contributed by atoms with E-state index in [1.165, 1.54) is 17.0 Å². The molecular weight excluding hydrogens is 1090 g/mol. The molecule has 15 nitrogen and oxygen atoms in total. The van der Waals surface area contributed by atoms with Crippen LogP contribution in [0.1, 0.15) is 163 Å². The molecule has 0 unspecified atom stereocenters. The Morgan fingerprint density at radius 1 is 0.679 bits per heavy atom. The van der Waals surface area contributed by atoms with E-state index in [-0.39, 0.29) is 77.9 Å². The van der Waals surface area contributed by atoms with Crippen LogP contribution in [0.5, 0.6) is 0 Å². The van der Waals surface area contributed by atoms with Crippen LogP contribution in [0.2, 0.25) is 36.3 Å². The topological polar surface area (TPSA) is 183 Å². The first-order valence-electron chi connectivity index (χ1n) is 28.5. The van der Waals surface area contributed by atoms with E-state index in [4.69, 9.17) is 44.5 Å². The number of rotatable bonds is 15. The minimum atomic E-state index is -1.82. The average molecular weight is 1190 g/mol. The smallest absolute Gasteiger partial charge is 0.414 e. The van der Waals surface area contributed by atoms with Gasteiger partial charge in [0.25, 0.3) is 0 Å². The fourth-order valence-corrected chi connectivity index (χ4v) is 11.9. The molecule has 20 heteroatoms. The monoisotopic (exact) mass is 1190 g/mol. The summed E-state index contributed by atoms with van der Waals surface area (Å²) in [6.07, 6.45) is 4.39. The Hall–Kier alpha value is -4.80. The van der Waals surface area contributed by atoms with Crippen molar-refractivity contribution in [3.05, 3.63) is 95.1 Å². The molecule has 1 heterocycles. The van der Waals surface area contributed by atoms with Gasteiger partial charge in [0, 0.05) is 24.4 Å². The van der Waals surface area contributed by atoms with Gasteiger partial charge in [-0.15, -0.1) is 11.6 Å². The molecule has 3 aromatic rings. The molecule has 1 saturated heterocycles. The maximum Gasteiger partial charge on any atom is 0.414 e. The predicted octanol–water partition coefficient (Wildman–Crippen LogP) is 15.5. The molecule has 4 N–H and O–H groups in total. The number of alkyl halides is 1. The van der Waals surface area contributed by atoms with E-state index in [1.54, 1.807) is 65.8 Å². The summed E-state index contributed by atoms with van der Waals surface area (Å²) in [4.78, 5) is 48.7. The largest absolute Gasteiger partial charge is 0.444 e. The quantitative estimate of drug-likeness (QED) is 0.0645. The summed E-state index contributed by atoms with van der Waals surface area (Å²) in [7, 11) is -3.60. The number of aliphatic hydroxyl groups excluding tert-OH is 1. The van der Waals surface area contributed by atoms with Crippen LogP contribution < -0.4 is 20.9 Å². The van der Waals surface area contributed by atoms with Gasteiger partial charge in [0.15, 0.2) is 16.6 Å². The number of carbonyl (C=O) groups excluding carboxylic acids is 4. The fraction of sp³-hybridized carbons (Fsp3) is 0.639. The van der Waals surface area contributed by atoms with E-state index in [1.807, 2.05) is 30.3 Å². The molecule has 0 bridgehead atoms. The van der Waals surface area contributed by atoms with E-state index in [0.29, 0.717) is 16.9 Å². The van der Waals surface area contributed by atoms with Crippen LogP contribution in [-0.2, 0) is 34.4 Å². The minimum absolute atomic E-state index is 0.0931. The zero-order chi connectivity index (χ0) is 60.7. The van der Waals surface area contributed by atoms with Gasteiger partial charge in [-0.05, 0) is 182 Å². The van der Waals surface area contributed by atoms with Crippen LogP contribution in [-0.4, -0.2) is 107 Å². The molecule has 2 saturated carbocycles. The SMILES string of the molecule is CC(C)(C)OC(=O)NC[C@H](O)CCl.CC(C)(C)OC(=O)NC[C@H]1CN(c2ccc(C3CCC(O[Si](C)(C)C(C)(C)C)CC3)c(F)c2)C(=O)O1.CC(C)(C)[Si](C)(C)OC1CCC(c2ccc(NC(=O)OCc3ccccc3)cc2F)CC1.